The molecule has 2 rings (SSSR count). The molecule has 2 aromatic rings. The van der Waals surface area contributed by atoms with Crippen LogP contribution in [0.25, 0.3) is 6.08 Å². The highest BCUT2D eigenvalue weighted by molar-refractivity contribution is 6.30. The summed E-state index contributed by atoms with van der Waals surface area (Å²) in [6.45, 7) is 0.509. The molecule has 7 nitrogen and oxygen atoms in total. The van der Waals surface area contributed by atoms with Crippen LogP contribution in [0.5, 0.6) is 0 Å². The van der Waals surface area contributed by atoms with Gasteiger partial charge in [-0.1, -0.05) is 23.7 Å². The van der Waals surface area contributed by atoms with Gasteiger partial charge in [-0.15, -0.1) is 0 Å². The minimum atomic E-state index is -0.499. The normalized spacial score (nSPS) is 10.5. The quantitative estimate of drug-likeness (QED) is 0.337. The Morgan fingerprint density at radius 3 is 2.46 bits per heavy atom. The molecular formula is C18H16ClN3O4. The molecule has 0 spiro atoms. The Kier molecular flexibility index (Phi) is 6.87. The summed E-state index contributed by atoms with van der Waals surface area (Å²) in [4.78, 5) is 33.8. The summed E-state index contributed by atoms with van der Waals surface area (Å²) >= 11 is 5.76. The number of amides is 2. The number of nitrogens with one attached hydrogen (secondary N) is 2. The fourth-order valence-corrected chi connectivity index (χ4v) is 2.16. The largest absolute Gasteiger partial charge is 0.351 e. The number of hydrogen-bond acceptors (Lipinski definition) is 4. The molecule has 0 bridgehead atoms. The van der Waals surface area contributed by atoms with Crippen LogP contribution in [-0.4, -0.2) is 29.8 Å². The molecule has 0 aromatic heterocycles. The first kappa shape index (κ1) is 19.1. The van der Waals surface area contributed by atoms with E-state index in [2.05, 4.69) is 10.6 Å². The third-order valence-corrected chi connectivity index (χ3v) is 3.58. The molecule has 0 saturated carbocycles. The van der Waals surface area contributed by atoms with Gasteiger partial charge < -0.3 is 10.6 Å². The highest BCUT2D eigenvalue weighted by Gasteiger charge is 2.05. The number of nitrogens with zero attached hydrogens (tertiary/aromatic N) is 1. The van der Waals surface area contributed by atoms with Gasteiger partial charge in [0, 0.05) is 41.9 Å². The molecule has 2 N–H and O–H groups in total. The van der Waals surface area contributed by atoms with Crippen molar-refractivity contribution in [3.05, 3.63) is 80.9 Å². The Hall–Kier alpha value is -3.19. The minimum absolute atomic E-state index is 0.0440. The van der Waals surface area contributed by atoms with Crippen molar-refractivity contribution in [2.24, 2.45) is 0 Å². The van der Waals surface area contributed by atoms with Gasteiger partial charge in [0.05, 0.1) is 4.92 Å². The van der Waals surface area contributed by atoms with Crippen molar-refractivity contribution >= 4 is 35.2 Å². The first-order chi connectivity index (χ1) is 12.5. The fraction of sp³-hybridized carbons (Fsp3) is 0.111. The lowest BCUT2D eigenvalue weighted by Gasteiger charge is -2.06. The van der Waals surface area contributed by atoms with Crippen molar-refractivity contribution < 1.29 is 14.5 Å². The fourth-order valence-electron chi connectivity index (χ4n) is 2.04. The molecule has 0 aliphatic rings. The Labute approximate surface area is 154 Å². The van der Waals surface area contributed by atoms with E-state index < -0.39 is 4.92 Å². The van der Waals surface area contributed by atoms with Gasteiger partial charge in [0.15, 0.2) is 0 Å². The van der Waals surface area contributed by atoms with E-state index in [-0.39, 0.29) is 30.6 Å². The molecule has 8 heteroatoms. The molecule has 0 radical (unpaired) electrons. The van der Waals surface area contributed by atoms with Gasteiger partial charge in [-0.05, 0) is 35.9 Å². The molecule has 0 aliphatic heterocycles. The van der Waals surface area contributed by atoms with E-state index in [9.17, 15) is 19.7 Å². The molecule has 2 aromatic carbocycles. The van der Waals surface area contributed by atoms with Crippen molar-refractivity contribution in [3.63, 3.8) is 0 Å². The molecule has 0 unspecified atom stereocenters. The summed E-state index contributed by atoms with van der Waals surface area (Å²) in [5.74, 6) is -0.625. The predicted molar refractivity (Wildman–Crippen MR) is 98.9 cm³/mol. The molecule has 0 atom stereocenters. The molecule has 0 heterocycles. The molecule has 2 amide bonds. The lowest BCUT2D eigenvalue weighted by Crippen LogP contribution is -2.33. The lowest BCUT2D eigenvalue weighted by atomic mass is 10.2. The van der Waals surface area contributed by atoms with Crippen LogP contribution < -0.4 is 10.6 Å². The highest BCUT2D eigenvalue weighted by atomic mass is 35.5. The van der Waals surface area contributed by atoms with Crippen LogP contribution in [0.4, 0.5) is 5.69 Å². The number of carbonyl (C=O) groups excluding carboxylic acids is 2. The number of nitro groups is 1. The number of non-ortho nitro benzene ring substituents is 1. The number of hydrogen-bond donors (Lipinski definition) is 2. The molecule has 0 aliphatic carbocycles. The SMILES string of the molecule is O=C(/C=C/c1cccc([N+](=O)[O-])c1)NCCNC(=O)c1ccc(Cl)cc1. The van der Waals surface area contributed by atoms with Gasteiger partial charge in [-0.3, -0.25) is 19.7 Å². The first-order valence-electron chi connectivity index (χ1n) is 7.70. The van der Waals surface area contributed by atoms with Crippen LogP contribution in [0.2, 0.25) is 5.02 Å². The summed E-state index contributed by atoms with van der Waals surface area (Å²) in [5.41, 5.74) is 0.981. The monoisotopic (exact) mass is 373 g/mol. The van der Waals surface area contributed by atoms with Crippen molar-refractivity contribution in [3.8, 4) is 0 Å². The minimum Gasteiger partial charge on any atom is -0.351 e. The van der Waals surface area contributed by atoms with E-state index >= 15 is 0 Å². The third-order valence-electron chi connectivity index (χ3n) is 3.32. The maximum Gasteiger partial charge on any atom is 0.270 e. The number of carbonyl (C=O) groups is 2. The molecule has 0 saturated heterocycles. The van der Waals surface area contributed by atoms with E-state index in [0.717, 1.165) is 0 Å². The summed E-state index contributed by atoms with van der Waals surface area (Å²) in [5, 5.41) is 16.5. The Balaban J connectivity index is 1.75. The van der Waals surface area contributed by atoms with Crippen LogP contribution in [0, 0.1) is 10.1 Å². The smallest absolute Gasteiger partial charge is 0.270 e. The van der Waals surface area contributed by atoms with Gasteiger partial charge in [0.25, 0.3) is 11.6 Å². The second-order valence-electron chi connectivity index (χ2n) is 5.24. The first-order valence-corrected chi connectivity index (χ1v) is 8.07. The van der Waals surface area contributed by atoms with Crippen LogP contribution in [-0.2, 0) is 4.79 Å². The number of rotatable bonds is 7. The molecule has 0 fully saturated rings. The van der Waals surface area contributed by atoms with E-state index in [1.807, 2.05) is 0 Å². The van der Waals surface area contributed by atoms with Crippen LogP contribution in [0.3, 0.4) is 0 Å². The topological polar surface area (TPSA) is 101 Å². The molecular weight excluding hydrogens is 358 g/mol. The number of nitro benzene ring substituents is 1. The standard InChI is InChI=1S/C18H16ClN3O4/c19-15-7-5-14(6-8-15)18(24)21-11-10-20-17(23)9-4-13-2-1-3-16(12-13)22(25)26/h1-9,12H,10-11H2,(H,20,23)(H,21,24)/b9-4+. The van der Waals surface area contributed by atoms with E-state index in [0.29, 0.717) is 16.1 Å². The van der Waals surface area contributed by atoms with Crippen molar-refractivity contribution in [2.45, 2.75) is 0 Å². The lowest BCUT2D eigenvalue weighted by molar-refractivity contribution is -0.384. The maximum absolute atomic E-state index is 11.9. The summed E-state index contributed by atoms with van der Waals surface area (Å²) in [6, 6.07) is 12.4. The van der Waals surface area contributed by atoms with Gasteiger partial charge >= 0.3 is 0 Å². The second-order valence-corrected chi connectivity index (χ2v) is 5.68. The summed E-state index contributed by atoms with van der Waals surface area (Å²) in [6.07, 6.45) is 2.76. The van der Waals surface area contributed by atoms with Gasteiger partial charge in [0.1, 0.15) is 0 Å². The summed E-state index contributed by atoms with van der Waals surface area (Å²) in [7, 11) is 0. The predicted octanol–water partition coefficient (Wildman–Crippen LogP) is 2.81. The van der Waals surface area contributed by atoms with Gasteiger partial charge in [-0.2, -0.15) is 0 Å². The van der Waals surface area contributed by atoms with Crippen LogP contribution >= 0.6 is 11.6 Å². The van der Waals surface area contributed by atoms with Gasteiger partial charge in [-0.25, -0.2) is 0 Å². The third kappa shape index (κ3) is 6.03. The highest BCUT2D eigenvalue weighted by Crippen LogP contribution is 2.14. The van der Waals surface area contributed by atoms with E-state index in [1.54, 1.807) is 36.4 Å². The zero-order valence-electron chi connectivity index (χ0n) is 13.6. The second kappa shape index (κ2) is 9.33. The average Bonchev–Trinajstić information content (AvgIpc) is 2.64. The van der Waals surface area contributed by atoms with Crippen LogP contribution in [0.15, 0.2) is 54.6 Å². The van der Waals surface area contributed by atoms with E-state index in [4.69, 9.17) is 11.6 Å². The zero-order chi connectivity index (χ0) is 18.9. The van der Waals surface area contributed by atoms with Crippen molar-refractivity contribution in [1.82, 2.24) is 10.6 Å². The Morgan fingerprint density at radius 2 is 1.77 bits per heavy atom. The number of halogens is 1. The Bertz CT molecular complexity index is 835. The zero-order valence-corrected chi connectivity index (χ0v) is 14.4. The molecule has 26 heavy (non-hydrogen) atoms. The van der Waals surface area contributed by atoms with Crippen molar-refractivity contribution in [1.29, 1.82) is 0 Å². The van der Waals surface area contributed by atoms with Gasteiger partial charge in [0.2, 0.25) is 5.91 Å². The van der Waals surface area contributed by atoms with E-state index in [1.165, 1.54) is 24.3 Å². The average molecular weight is 374 g/mol. The van der Waals surface area contributed by atoms with Crippen molar-refractivity contribution in [2.75, 3.05) is 13.1 Å². The Morgan fingerprint density at radius 1 is 1.08 bits per heavy atom. The maximum atomic E-state index is 11.9. The number of benzene rings is 2. The summed E-state index contributed by atoms with van der Waals surface area (Å²) < 4.78 is 0. The van der Waals surface area contributed by atoms with Crippen LogP contribution in [0.1, 0.15) is 15.9 Å². The molecule has 134 valence electrons.